The topological polar surface area (TPSA) is 0 Å². The Labute approximate surface area is 469 Å². The first-order chi connectivity index (χ1) is 36.0. The van der Waals surface area contributed by atoms with Crippen molar-refractivity contribution in [2.24, 2.45) is 0 Å². The molecule has 0 bridgehead atoms. The monoisotopic (exact) mass is 1090 g/mol. The SMILES string of the molecule is CCCCCCCCc1ccc(-c2ccc(-c3ccc(CCCCCCCC)s3)cc2)s1.CCCCCCc1ccc(C#Cc2ccc(-c3ccc(-c4ccc(C#Cc5ccc(CCCCCC)s5)s4)s3)s2)s1. The molecule has 7 heterocycles. The van der Waals surface area contributed by atoms with E-state index >= 15 is 0 Å². The van der Waals surface area contributed by atoms with Crippen LogP contribution in [0.2, 0.25) is 0 Å². The van der Waals surface area contributed by atoms with Crippen LogP contribution in [0, 0.1) is 23.7 Å². The number of hydrogen-bond donors (Lipinski definition) is 0. The van der Waals surface area contributed by atoms with Crippen LogP contribution in [-0.2, 0) is 25.7 Å². The van der Waals surface area contributed by atoms with Gasteiger partial charge in [-0.05, 0) is 171 Å². The summed E-state index contributed by atoms with van der Waals surface area (Å²) in [6, 6.07) is 40.6. The molecule has 0 aliphatic heterocycles. The second-order valence-corrected chi connectivity index (χ2v) is 27.2. The Balaban J connectivity index is 0.000000221. The summed E-state index contributed by atoms with van der Waals surface area (Å²) < 4.78 is 0. The first-order valence-corrected chi connectivity index (χ1v) is 33.5. The van der Waals surface area contributed by atoms with Gasteiger partial charge < -0.3 is 0 Å². The fraction of sp³-hybridized carbons (Fsp3) is 0.424. The average molecular weight is 1100 g/mol. The summed E-state index contributed by atoms with van der Waals surface area (Å²) >= 11 is 13.1. The molecule has 384 valence electrons. The molecule has 0 unspecified atom stereocenters. The second-order valence-electron chi connectivity index (χ2n) is 19.3. The number of aryl methyl sites for hydroxylation is 4. The van der Waals surface area contributed by atoms with Crippen molar-refractivity contribution >= 4 is 79.4 Å². The lowest BCUT2D eigenvalue weighted by Gasteiger charge is -2.02. The number of hydrogen-bond acceptors (Lipinski definition) is 7. The van der Waals surface area contributed by atoms with E-state index in [-0.39, 0.29) is 0 Å². The molecule has 7 heteroatoms. The van der Waals surface area contributed by atoms with Crippen molar-refractivity contribution in [3.05, 3.63) is 148 Å². The summed E-state index contributed by atoms with van der Waals surface area (Å²) in [5.74, 6) is 13.6. The Morgan fingerprint density at radius 2 is 0.493 bits per heavy atom. The highest BCUT2D eigenvalue weighted by atomic mass is 32.1. The fourth-order valence-electron chi connectivity index (χ4n) is 8.83. The highest BCUT2D eigenvalue weighted by Gasteiger charge is 2.11. The van der Waals surface area contributed by atoms with Gasteiger partial charge in [0.25, 0.3) is 0 Å². The van der Waals surface area contributed by atoms with Crippen LogP contribution in [0.4, 0.5) is 0 Å². The summed E-state index contributed by atoms with van der Waals surface area (Å²) in [7, 11) is 0. The molecule has 73 heavy (non-hydrogen) atoms. The van der Waals surface area contributed by atoms with Crippen LogP contribution in [-0.4, -0.2) is 0 Å². The van der Waals surface area contributed by atoms with Gasteiger partial charge in [0.1, 0.15) is 0 Å². The predicted octanol–water partition coefficient (Wildman–Crippen LogP) is 23.3. The van der Waals surface area contributed by atoms with E-state index in [0.717, 1.165) is 9.75 Å². The molecule has 0 atom stereocenters. The van der Waals surface area contributed by atoms with Crippen molar-refractivity contribution in [3.8, 4) is 64.1 Å². The van der Waals surface area contributed by atoms with E-state index < -0.39 is 0 Å². The maximum absolute atomic E-state index is 3.40. The Kier molecular flexibility index (Phi) is 25.5. The molecule has 0 saturated carbocycles. The molecule has 8 rings (SSSR count). The zero-order chi connectivity index (χ0) is 50.7. The van der Waals surface area contributed by atoms with Gasteiger partial charge in [0.05, 0.1) is 19.5 Å². The van der Waals surface area contributed by atoms with Crippen LogP contribution >= 0.6 is 79.4 Å². The minimum Gasteiger partial charge on any atom is -0.140 e. The molecule has 0 amide bonds. The highest BCUT2D eigenvalue weighted by molar-refractivity contribution is 7.26. The summed E-state index contributed by atoms with van der Waals surface area (Å²) in [6.45, 7) is 9.10. The van der Waals surface area contributed by atoms with Crippen LogP contribution in [0.25, 0.3) is 40.4 Å². The smallest absolute Gasteiger partial charge is 0.0779 e. The van der Waals surface area contributed by atoms with Crippen molar-refractivity contribution < 1.29 is 0 Å². The van der Waals surface area contributed by atoms with Crippen LogP contribution in [0.5, 0.6) is 0 Å². The van der Waals surface area contributed by atoms with Gasteiger partial charge >= 0.3 is 0 Å². The maximum atomic E-state index is 3.40. The van der Waals surface area contributed by atoms with E-state index in [9.17, 15) is 0 Å². The van der Waals surface area contributed by atoms with E-state index in [1.807, 2.05) is 56.7 Å². The van der Waals surface area contributed by atoms with Gasteiger partial charge in [0, 0.05) is 48.8 Å². The second kappa shape index (κ2) is 32.6. The summed E-state index contributed by atoms with van der Waals surface area (Å²) in [5.41, 5.74) is 2.72. The Morgan fingerprint density at radius 3 is 0.877 bits per heavy atom. The summed E-state index contributed by atoms with van der Waals surface area (Å²) in [4.78, 5) is 18.6. The van der Waals surface area contributed by atoms with Crippen molar-refractivity contribution in [2.45, 2.75) is 182 Å². The van der Waals surface area contributed by atoms with Gasteiger partial charge in [-0.2, -0.15) is 0 Å². The number of rotatable bonds is 28. The van der Waals surface area contributed by atoms with Crippen LogP contribution in [0.1, 0.15) is 195 Å². The molecule has 0 radical (unpaired) electrons. The molecule has 0 aliphatic rings. The quantitative estimate of drug-likeness (QED) is 0.0339. The summed E-state index contributed by atoms with van der Waals surface area (Å²) in [6.07, 6.45) is 31.8. The van der Waals surface area contributed by atoms with E-state index in [4.69, 9.17) is 0 Å². The van der Waals surface area contributed by atoms with Gasteiger partial charge in [-0.1, -0.05) is 155 Å². The molecule has 7 aromatic heterocycles. The maximum Gasteiger partial charge on any atom is 0.0779 e. The first kappa shape index (κ1) is 57.0. The lowest BCUT2D eigenvalue weighted by molar-refractivity contribution is 0.609. The van der Waals surface area contributed by atoms with Crippen molar-refractivity contribution in [1.82, 2.24) is 0 Å². The Bertz CT molecular complexity index is 2690. The zero-order valence-corrected chi connectivity index (χ0v) is 49.9. The third kappa shape index (κ3) is 19.7. The molecule has 1 aromatic carbocycles. The fourth-order valence-corrected chi connectivity index (χ4v) is 15.6. The third-order valence-corrected chi connectivity index (χ3v) is 21.1. The van der Waals surface area contributed by atoms with E-state index in [1.165, 1.54) is 224 Å². The van der Waals surface area contributed by atoms with E-state index in [0.29, 0.717) is 0 Å². The minimum atomic E-state index is 1.12. The van der Waals surface area contributed by atoms with Gasteiger partial charge in [0.2, 0.25) is 0 Å². The Hall–Kier alpha value is -3.76. The average Bonchev–Trinajstić information content (AvgIpc) is 4.27. The number of unbranched alkanes of at least 4 members (excludes halogenated alkanes) is 16. The van der Waals surface area contributed by atoms with Crippen molar-refractivity contribution in [3.63, 3.8) is 0 Å². The van der Waals surface area contributed by atoms with Gasteiger partial charge in [-0.15, -0.1) is 79.4 Å². The molecule has 0 aliphatic carbocycles. The normalized spacial score (nSPS) is 11.0. The van der Waals surface area contributed by atoms with Crippen LogP contribution < -0.4 is 0 Å². The third-order valence-electron chi connectivity index (χ3n) is 13.1. The molecule has 0 fully saturated rings. The standard InChI is InChI=1S/C36H36S5.C30H42S2/c1-3-5-7-9-11-27-13-15-29(37-27)17-19-31-21-23-33(39-31)35-25-26-36(41-35)34-24-22-32(40-34)20-18-30-16-14-28(38-30)12-10-8-6-4-2;1-3-5-7-9-11-13-15-27-21-23-29(31-27)25-17-19-26(20-18-25)30-24-22-28(32-30)16-14-12-10-8-6-4-2/h13-16,21-26H,3-12H2,1-2H3;17-24H,3-16H2,1-2H3. The number of thiophene rings is 7. The van der Waals surface area contributed by atoms with Crippen LogP contribution in [0.15, 0.2) is 109 Å². The van der Waals surface area contributed by atoms with Crippen molar-refractivity contribution in [2.75, 3.05) is 0 Å². The van der Waals surface area contributed by atoms with Gasteiger partial charge in [-0.25, -0.2) is 0 Å². The molecule has 8 aromatic rings. The predicted molar refractivity (Wildman–Crippen MR) is 334 cm³/mol. The van der Waals surface area contributed by atoms with Crippen molar-refractivity contribution in [1.29, 1.82) is 0 Å². The molecular weight excluding hydrogens is 1020 g/mol. The largest absolute Gasteiger partial charge is 0.140 e. The zero-order valence-electron chi connectivity index (χ0n) is 44.2. The highest BCUT2D eigenvalue weighted by Crippen LogP contribution is 2.40. The minimum absolute atomic E-state index is 1.12. The van der Waals surface area contributed by atoms with Gasteiger partial charge in [-0.3, -0.25) is 0 Å². The first-order valence-electron chi connectivity index (χ1n) is 27.8. The summed E-state index contributed by atoms with van der Waals surface area (Å²) in [5, 5.41) is 0. The molecular formula is C66H78S7. The Morgan fingerprint density at radius 1 is 0.233 bits per heavy atom. The molecule has 0 spiro atoms. The lowest BCUT2D eigenvalue weighted by atomic mass is 10.1. The van der Waals surface area contributed by atoms with Gasteiger partial charge in [0.15, 0.2) is 0 Å². The lowest BCUT2D eigenvalue weighted by Crippen LogP contribution is -1.82. The van der Waals surface area contributed by atoms with E-state index in [2.05, 4.69) is 161 Å². The number of benzene rings is 1. The molecule has 0 saturated heterocycles. The van der Waals surface area contributed by atoms with Crippen LogP contribution in [0.3, 0.4) is 0 Å². The molecule has 0 N–H and O–H groups in total. The van der Waals surface area contributed by atoms with E-state index in [1.54, 1.807) is 22.7 Å². The molecule has 0 nitrogen and oxygen atoms in total.